The number of hydrogen-bond donors (Lipinski definition) is 2. The van der Waals surface area contributed by atoms with Crippen LogP contribution in [0.5, 0.6) is 0 Å². The van der Waals surface area contributed by atoms with Crippen LogP contribution in [0.15, 0.2) is 30.3 Å². The van der Waals surface area contributed by atoms with Gasteiger partial charge >= 0.3 is 0 Å². The van der Waals surface area contributed by atoms with Gasteiger partial charge in [0.05, 0.1) is 25.4 Å². The van der Waals surface area contributed by atoms with Gasteiger partial charge in [0.1, 0.15) is 0 Å². The lowest BCUT2D eigenvalue weighted by Crippen LogP contribution is -2.48. The number of nitrogens with two attached hydrogens (primary N) is 1. The third-order valence-electron chi connectivity index (χ3n) is 4.16. The summed E-state index contributed by atoms with van der Waals surface area (Å²) in [5.41, 5.74) is 5.87. The van der Waals surface area contributed by atoms with Gasteiger partial charge in [-0.1, -0.05) is 30.3 Å². The van der Waals surface area contributed by atoms with Crippen LogP contribution in [0.2, 0.25) is 0 Å². The number of carbonyl (C=O) groups is 2. The molecule has 1 aromatic rings. The largest absolute Gasteiger partial charge is 0.350 e. The average Bonchev–Trinajstić information content (AvgIpc) is 2.60. The fourth-order valence-electron chi connectivity index (χ4n) is 2.73. The Kier molecular flexibility index (Phi) is 6.25. The van der Waals surface area contributed by atoms with E-state index in [1.807, 2.05) is 30.3 Å². The maximum absolute atomic E-state index is 13.1. The SMILES string of the molecule is NCC(F)(F)CNC(=O)C1CCCN(C(=O)Cc2ccccc2)C1. The lowest BCUT2D eigenvalue weighted by molar-refractivity contribution is -0.135. The van der Waals surface area contributed by atoms with Crippen LogP contribution in [0, 0.1) is 5.92 Å². The predicted molar refractivity (Wildman–Crippen MR) is 86.5 cm³/mol. The summed E-state index contributed by atoms with van der Waals surface area (Å²) in [4.78, 5) is 26.1. The minimum absolute atomic E-state index is 0.0500. The molecule has 1 aliphatic rings. The molecular weight excluding hydrogens is 316 g/mol. The van der Waals surface area contributed by atoms with Crippen LogP contribution >= 0.6 is 0 Å². The molecule has 2 rings (SSSR count). The first-order valence-corrected chi connectivity index (χ1v) is 8.08. The number of nitrogens with zero attached hydrogens (tertiary/aromatic N) is 1. The molecule has 1 unspecified atom stereocenters. The second-order valence-corrected chi connectivity index (χ2v) is 6.12. The van der Waals surface area contributed by atoms with Crippen LogP contribution in [-0.4, -0.2) is 48.8 Å². The number of halogens is 2. The minimum Gasteiger partial charge on any atom is -0.350 e. The zero-order valence-corrected chi connectivity index (χ0v) is 13.5. The lowest BCUT2D eigenvalue weighted by Gasteiger charge is -2.32. The van der Waals surface area contributed by atoms with Gasteiger partial charge in [-0.25, -0.2) is 8.78 Å². The summed E-state index contributed by atoms with van der Waals surface area (Å²) in [5, 5.41) is 2.25. The molecule has 0 aliphatic carbocycles. The molecule has 0 saturated carbocycles. The predicted octanol–water partition coefficient (Wildman–Crippen LogP) is 1.18. The Labute approximate surface area is 140 Å². The van der Waals surface area contributed by atoms with Crippen molar-refractivity contribution >= 4 is 11.8 Å². The molecule has 1 fully saturated rings. The smallest absolute Gasteiger partial charge is 0.277 e. The zero-order chi connectivity index (χ0) is 17.6. The number of rotatable bonds is 6. The minimum atomic E-state index is -3.10. The highest BCUT2D eigenvalue weighted by atomic mass is 19.3. The van der Waals surface area contributed by atoms with Gasteiger partial charge in [-0.3, -0.25) is 9.59 Å². The van der Waals surface area contributed by atoms with Crippen molar-refractivity contribution in [1.82, 2.24) is 10.2 Å². The molecule has 5 nitrogen and oxygen atoms in total. The third-order valence-corrected chi connectivity index (χ3v) is 4.16. The van der Waals surface area contributed by atoms with Gasteiger partial charge in [-0.05, 0) is 18.4 Å². The summed E-state index contributed by atoms with van der Waals surface area (Å²) in [7, 11) is 0. The molecule has 0 radical (unpaired) electrons. The lowest BCUT2D eigenvalue weighted by atomic mass is 9.96. The van der Waals surface area contributed by atoms with E-state index in [0.29, 0.717) is 19.4 Å². The number of amides is 2. The van der Waals surface area contributed by atoms with Crippen molar-refractivity contribution in [2.75, 3.05) is 26.2 Å². The summed E-state index contributed by atoms with van der Waals surface area (Å²) in [6.07, 6.45) is 1.56. The molecule has 0 bridgehead atoms. The van der Waals surface area contributed by atoms with E-state index >= 15 is 0 Å². The van der Waals surface area contributed by atoms with E-state index in [4.69, 9.17) is 5.73 Å². The molecule has 1 atom stereocenters. The highest BCUT2D eigenvalue weighted by Crippen LogP contribution is 2.18. The van der Waals surface area contributed by atoms with Crippen molar-refractivity contribution in [3.05, 3.63) is 35.9 Å². The summed E-state index contributed by atoms with van der Waals surface area (Å²) in [6.45, 7) is -0.712. The van der Waals surface area contributed by atoms with Gasteiger partial charge in [-0.2, -0.15) is 0 Å². The molecule has 3 N–H and O–H groups in total. The Morgan fingerprint density at radius 2 is 2.00 bits per heavy atom. The fraction of sp³-hybridized carbons (Fsp3) is 0.529. The number of likely N-dealkylation sites (tertiary alicyclic amines) is 1. The van der Waals surface area contributed by atoms with Crippen LogP contribution in [-0.2, 0) is 16.0 Å². The van der Waals surface area contributed by atoms with Gasteiger partial charge in [-0.15, -0.1) is 0 Å². The van der Waals surface area contributed by atoms with Gasteiger partial charge < -0.3 is 16.0 Å². The maximum Gasteiger partial charge on any atom is 0.277 e. The molecule has 1 aromatic carbocycles. The van der Waals surface area contributed by atoms with E-state index < -0.39 is 30.8 Å². The Balaban J connectivity index is 1.86. The van der Waals surface area contributed by atoms with Crippen molar-refractivity contribution in [2.45, 2.75) is 25.2 Å². The van der Waals surface area contributed by atoms with E-state index in [9.17, 15) is 18.4 Å². The topological polar surface area (TPSA) is 75.4 Å². The zero-order valence-electron chi connectivity index (χ0n) is 13.5. The van der Waals surface area contributed by atoms with E-state index in [-0.39, 0.29) is 18.9 Å². The van der Waals surface area contributed by atoms with Crippen molar-refractivity contribution in [3.8, 4) is 0 Å². The van der Waals surface area contributed by atoms with E-state index in [1.165, 1.54) is 0 Å². The molecule has 24 heavy (non-hydrogen) atoms. The summed E-state index contributed by atoms with van der Waals surface area (Å²) >= 11 is 0. The molecule has 1 saturated heterocycles. The van der Waals surface area contributed by atoms with Crippen molar-refractivity contribution < 1.29 is 18.4 Å². The van der Waals surface area contributed by atoms with Gasteiger partial charge in [0, 0.05) is 13.1 Å². The summed E-state index contributed by atoms with van der Waals surface area (Å²) < 4.78 is 26.2. The van der Waals surface area contributed by atoms with Gasteiger partial charge in [0.2, 0.25) is 11.8 Å². The Morgan fingerprint density at radius 1 is 1.29 bits per heavy atom. The molecule has 1 aliphatic heterocycles. The van der Waals surface area contributed by atoms with E-state index in [0.717, 1.165) is 5.56 Å². The quantitative estimate of drug-likeness (QED) is 0.817. The number of hydrogen-bond acceptors (Lipinski definition) is 3. The maximum atomic E-state index is 13.1. The first-order chi connectivity index (χ1) is 11.4. The molecule has 7 heteroatoms. The van der Waals surface area contributed by atoms with Gasteiger partial charge in [0.25, 0.3) is 5.92 Å². The second-order valence-electron chi connectivity index (χ2n) is 6.12. The standard InChI is InChI=1S/C17H23F2N3O2/c18-17(19,11-20)12-21-16(24)14-7-4-8-22(10-14)15(23)9-13-5-2-1-3-6-13/h1-3,5-6,14H,4,7-12,20H2,(H,21,24). The fourth-order valence-corrected chi connectivity index (χ4v) is 2.73. The normalized spacial score (nSPS) is 18.3. The summed E-state index contributed by atoms with van der Waals surface area (Å²) in [6, 6.07) is 9.37. The number of piperidine rings is 1. The van der Waals surface area contributed by atoms with Crippen LogP contribution in [0.25, 0.3) is 0 Å². The average molecular weight is 339 g/mol. The van der Waals surface area contributed by atoms with Crippen molar-refractivity contribution in [3.63, 3.8) is 0 Å². The highest BCUT2D eigenvalue weighted by Gasteiger charge is 2.31. The van der Waals surface area contributed by atoms with Gasteiger partial charge in [0.15, 0.2) is 0 Å². The van der Waals surface area contributed by atoms with E-state index in [2.05, 4.69) is 5.32 Å². The molecule has 1 heterocycles. The number of alkyl halides is 2. The number of benzene rings is 1. The monoisotopic (exact) mass is 339 g/mol. The molecule has 132 valence electrons. The molecule has 2 amide bonds. The summed E-state index contributed by atoms with van der Waals surface area (Å²) in [5.74, 6) is -4.05. The number of nitrogens with one attached hydrogen (secondary N) is 1. The first-order valence-electron chi connectivity index (χ1n) is 8.08. The van der Waals surface area contributed by atoms with Crippen molar-refractivity contribution in [1.29, 1.82) is 0 Å². The Morgan fingerprint density at radius 3 is 2.67 bits per heavy atom. The first kappa shape index (κ1) is 18.3. The van der Waals surface area contributed by atoms with Crippen LogP contribution < -0.4 is 11.1 Å². The third kappa shape index (κ3) is 5.26. The van der Waals surface area contributed by atoms with Crippen LogP contribution in [0.1, 0.15) is 18.4 Å². The van der Waals surface area contributed by atoms with Crippen LogP contribution in [0.3, 0.4) is 0 Å². The molecule has 0 aromatic heterocycles. The second kappa shape index (κ2) is 8.19. The highest BCUT2D eigenvalue weighted by molar-refractivity contribution is 5.82. The molecular formula is C17H23F2N3O2. The van der Waals surface area contributed by atoms with Crippen molar-refractivity contribution in [2.24, 2.45) is 11.7 Å². The Bertz CT molecular complexity index is 566. The number of carbonyl (C=O) groups excluding carboxylic acids is 2. The Hall–Kier alpha value is -2.02. The molecule has 0 spiro atoms. The van der Waals surface area contributed by atoms with E-state index in [1.54, 1.807) is 4.90 Å². The van der Waals surface area contributed by atoms with Crippen LogP contribution in [0.4, 0.5) is 8.78 Å².